The van der Waals surface area contributed by atoms with Crippen LogP contribution in [0, 0.1) is 0 Å². The predicted octanol–water partition coefficient (Wildman–Crippen LogP) is -0.167. The fourth-order valence-electron chi connectivity index (χ4n) is 2.57. The lowest BCUT2D eigenvalue weighted by Gasteiger charge is -2.23. The van der Waals surface area contributed by atoms with Crippen molar-refractivity contribution in [2.24, 2.45) is 0 Å². The molecule has 0 saturated carbocycles. The second-order valence-corrected chi connectivity index (χ2v) is 5.03. The minimum Gasteiger partial charge on any atom is -0.394 e. The monoisotopic (exact) mass is 282 g/mol. The Kier molecular flexibility index (Phi) is 2.89. The van der Waals surface area contributed by atoms with E-state index in [1.54, 1.807) is 12.1 Å². The quantitative estimate of drug-likeness (QED) is 0.706. The van der Waals surface area contributed by atoms with Gasteiger partial charge in [0, 0.05) is 0 Å². The highest BCUT2D eigenvalue weighted by molar-refractivity contribution is 5.65. The first kappa shape index (κ1) is 13.2. The lowest BCUT2D eigenvalue weighted by Crippen LogP contribution is -2.39. The first-order valence-corrected chi connectivity index (χ1v) is 6.18. The summed E-state index contributed by atoms with van der Waals surface area (Å²) in [5.74, 6) is 0.268. The lowest BCUT2D eigenvalue weighted by atomic mass is 9.93. The number of ether oxygens (including phenoxy) is 1. The van der Waals surface area contributed by atoms with Crippen LogP contribution < -0.4 is 5.73 Å². The van der Waals surface area contributed by atoms with E-state index in [2.05, 4.69) is 10.1 Å². The Labute approximate surface area is 113 Å². The van der Waals surface area contributed by atoms with E-state index in [0.717, 1.165) is 0 Å². The van der Waals surface area contributed by atoms with Crippen molar-refractivity contribution in [1.82, 2.24) is 14.6 Å². The molecule has 0 bridgehead atoms. The number of rotatable bonds is 2. The third-order valence-electron chi connectivity index (χ3n) is 3.71. The molecule has 20 heavy (non-hydrogen) atoms. The molecule has 7 nitrogen and oxygen atoms in total. The van der Waals surface area contributed by atoms with Crippen molar-refractivity contribution in [2.75, 3.05) is 12.3 Å². The van der Waals surface area contributed by atoms with Gasteiger partial charge in [-0.1, -0.05) is 0 Å². The number of nitrogen functional groups attached to an aromatic ring is 1. The maximum Gasteiger partial charge on any atom is 0.168 e. The number of alkyl halides is 1. The van der Waals surface area contributed by atoms with Gasteiger partial charge in [-0.15, -0.1) is 0 Å². The van der Waals surface area contributed by atoms with Gasteiger partial charge in [-0.2, -0.15) is 5.10 Å². The number of hydrogen-bond donors (Lipinski definition) is 3. The minimum atomic E-state index is -2.04. The van der Waals surface area contributed by atoms with Gasteiger partial charge in [0.1, 0.15) is 30.2 Å². The highest BCUT2D eigenvalue weighted by Gasteiger charge is 2.55. The van der Waals surface area contributed by atoms with Crippen LogP contribution in [0.4, 0.5) is 10.2 Å². The van der Waals surface area contributed by atoms with E-state index in [0.29, 0.717) is 11.2 Å². The summed E-state index contributed by atoms with van der Waals surface area (Å²) in [6.07, 6.45) is -2.18. The highest BCUT2D eigenvalue weighted by atomic mass is 19.1. The van der Waals surface area contributed by atoms with Gasteiger partial charge in [0.2, 0.25) is 0 Å². The Morgan fingerprint density at radius 2 is 2.30 bits per heavy atom. The molecule has 1 aliphatic rings. The predicted molar refractivity (Wildman–Crippen MR) is 67.6 cm³/mol. The SMILES string of the molecule is C[C@@]1(F)C(O)[C@@H](CO)O[C@H]1c1ccc2c(N)ncnn12. The molecule has 1 saturated heterocycles. The van der Waals surface area contributed by atoms with Gasteiger partial charge in [-0.25, -0.2) is 13.9 Å². The molecule has 108 valence electrons. The van der Waals surface area contributed by atoms with E-state index in [4.69, 9.17) is 15.6 Å². The van der Waals surface area contributed by atoms with Crippen LogP contribution in [-0.4, -0.2) is 49.3 Å². The Morgan fingerprint density at radius 1 is 1.55 bits per heavy atom. The van der Waals surface area contributed by atoms with Crippen LogP contribution in [0.2, 0.25) is 0 Å². The molecule has 0 radical (unpaired) electrons. The molecule has 2 aromatic rings. The van der Waals surface area contributed by atoms with Crippen LogP contribution in [0.15, 0.2) is 18.5 Å². The Morgan fingerprint density at radius 3 is 2.95 bits per heavy atom. The molecule has 3 rings (SSSR count). The third-order valence-corrected chi connectivity index (χ3v) is 3.71. The van der Waals surface area contributed by atoms with Crippen molar-refractivity contribution < 1.29 is 19.3 Å². The number of aliphatic hydroxyl groups excluding tert-OH is 2. The number of nitrogens with two attached hydrogens (primary N) is 1. The summed E-state index contributed by atoms with van der Waals surface area (Å²) in [6, 6.07) is 3.28. The van der Waals surface area contributed by atoms with Crippen LogP contribution >= 0.6 is 0 Å². The van der Waals surface area contributed by atoms with Crippen LogP contribution in [0.1, 0.15) is 18.7 Å². The summed E-state index contributed by atoms with van der Waals surface area (Å²) in [4.78, 5) is 3.85. The van der Waals surface area contributed by atoms with Crippen molar-refractivity contribution in [3.63, 3.8) is 0 Å². The van der Waals surface area contributed by atoms with Crippen LogP contribution in [0.3, 0.4) is 0 Å². The average Bonchev–Trinajstić information content (AvgIpc) is 2.92. The normalized spacial score (nSPS) is 33.9. The number of halogens is 1. The van der Waals surface area contributed by atoms with E-state index in [1.807, 2.05) is 0 Å². The maximum atomic E-state index is 14.7. The number of fused-ring (bicyclic) bond motifs is 1. The van der Waals surface area contributed by atoms with Crippen molar-refractivity contribution in [1.29, 1.82) is 0 Å². The van der Waals surface area contributed by atoms with E-state index in [-0.39, 0.29) is 5.82 Å². The van der Waals surface area contributed by atoms with E-state index in [9.17, 15) is 9.50 Å². The molecule has 1 unspecified atom stereocenters. The van der Waals surface area contributed by atoms with Crippen LogP contribution in [0.5, 0.6) is 0 Å². The molecule has 0 spiro atoms. The zero-order chi connectivity index (χ0) is 14.5. The van der Waals surface area contributed by atoms with Gasteiger partial charge in [-0.3, -0.25) is 0 Å². The topological polar surface area (TPSA) is 106 Å². The molecule has 1 fully saturated rings. The summed E-state index contributed by atoms with van der Waals surface area (Å²) in [5, 5.41) is 23.0. The summed E-state index contributed by atoms with van der Waals surface area (Å²) < 4.78 is 21.6. The van der Waals surface area contributed by atoms with E-state index < -0.39 is 30.6 Å². The van der Waals surface area contributed by atoms with Crippen molar-refractivity contribution in [3.8, 4) is 0 Å². The zero-order valence-corrected chi connectivity index (χ0v) is 10.8. The van der Waals surface area contributed by atoms with Crippen LogP contribution in [0.25, 0.3) is 5.52 Å². The van der Waals surface area contributed by atoms with Gasteiger partial charge >= 0.3 is 0 Å². The molecular formula is C12H15FN4O3. The number of aromatic nitrogens is 3. The second kappa shape index (κ2) is 4.37. The fraction of sp³-hybridized carbons (Fsp3) is 0.500. The van der Waals surface area contributed by atoms with Crippen molar-refractivity contribution in [3.05, 3.63) is 24.2 Å². The third kappa shape index (κ3) is 1.69. The van der Waals surface area contributed by atoms with E-state index >= 15 is 0 Å². The van der Waals surface area contributed by atoms with Gasteiger partial charge in [-0.05, 0) is 19.1 Å². The standard InChI is InChI=1S/C12H15FN4O3/c1-12(13)9(19)8(4-18)20-10(12)6-2-3-7-11(14)15-5-16-17(6)7/h2-3,5,8-10,18-19H,4H2,1H3,(H2,14,15,16)/t8-,9?,10+,12-/m1/s1. The minimum absolute atomic E-state index is 0.268. The highest BCUT2D eigenvalue weighted by Crippen LogP contribution is 2.44. The molecule has 4 atom stereocenters. The van der Waals surface area contributed by atoms with Crippen molar-refractivity contribution in [2.45, 2.75) is 30.9 Å². The first-order chi connectivity index (χ1) is 9.46. The largest absolute Gasteiger partial charge is 0.394 e. The zero-order valence-electron chi connectivity index (χ0n) is 10.8. The van der Waals surface area contributed by atoms with E-state index in [1.165, 1.54) is 17.8 Å². The molecule has 0 aromatic carbocycles. The van der Waals surface area contributed by atoms with Crippen molar-refractivity contribution >= 4 is 11.3 Å². The number of anilines is 1. The summed E-state index contributed by atoms with van der Waals surface area (Å²) in [7, 11) is 0. The molecule has 0 amide bonds. The smallest absolute Gasteiger partial charge is 0.168 e. The molecule has 8 heteroatoms. The lowest BCUT2D eigenvalue weighted by molar-refractivity contribution is -0.0248. The molecular weight excluding hydrogens is 267 g/mol. The molecule has 0 aliphatic carbocycles. The van der Waals surface area contributed by atoms with Gasteiger partial charge < -0.3 is 20.7 Å². The van der Waals surface area contributed by atoms with Gasteiger partial charge in [0.15, 0.2) is 11.5 Å². The van der Waals surface area contributed by atoms with Crippen LogP contribution in [-0.2, 0) is 4.74 Å². The maximum absolute atomic E-state index is 14.7. The molecule has 1 aliphatic heterocycles. The number of aliphatic hydroxyl groups is 2. The Balaban J connectivity index is 2.10. The second-order valence-electron chi connectivity index (χ2n) is 5.03. The molecule has 2 aromatic heterocycles. The Hall–Kier alpha value is -1.77. The average molecular weight is 282 g/mol. The fourth-order valence-corrected chi connectivity index (χ4v) is 2.57. The Bertz CT molecular complexity index is 645. The summed E-state index contributed by atoms with van der Waals surface area (Å²) in [5.41, 5.74) is 4.62. The summed E-state index contributed by atoms with van der Waals surface area (Å²) >= 11 is 0. The molecule has 3 heterocycles. The van der Waals surface area contributed by atoms with Gasteiger partial charge in [0.25, 0.3) is 0 Å². The molecule has 4 N–H and O–H groups in total. The summed E-state index contributed by atoms with van der Waals surface area (Å²) in [6.45, 7) is 0.777. The number of nitrogens with zero attached hydrogens (tertiary/aromatic N) is 3. The van der Waals surface area contributed by atoms with Gasteiger partial charge in [0.05, 0.1) is 12.3 Å². The number of hydrogen-bond acceptors (Lipinski definition) is 6. The first-order valence-electron chi connectivity index (χ1n) is 6.18.